The van der Waals surface area contributed by atoms with Crippen LogP contribution in [0.3, 0.4) is 0 Å². The predicted octanol–water partition coefficient (Wildman–Crippen LogP) is 4.61. The molecule has 1 aliphatic heterocycles. The van der Waals surface area contributed by atoms with Crippen LogP contribution in [0.1, 0.15) is 29.7 Å². The van der Waals surface area contributed by atoms with Gasteiger partial charge in [-0.25, -0.2) is 13.1 Å². The molecule has 0 saturated carbocycles. The lowest BCUT2D eigenvalue weighted by molar-refractivity contribution is -0.155. The summed E-state index contributed by atoms with van der Waals surface area (Å²) in [5.41, 5.74) is 1.86. The van der Waals surface area contributed by atoms with Crippen molar-refractivity contribution in [3.8, 4) is 11.3 Å². The molecule has 4 rings (SSSR count). The molecule has 1 aromatic heterocycles. The van der Waals surface area contributed by atoms with Crippen LogP contribution in [0.5, 0.6) is 0 Å². The Bertz CT molecular complexity index is 1200. The number of benzene rings is 2. The third-order valence-corrected chi connectivity index (χ3v) is 7.38. The Labute approximate surface area is 190 Å². The first-order chi connectivity index (χ1) is 15.6. The average Bonchev–Trinajstić information content (AvgIpc) is 3.27. The summed E-state index contributed by atoms with van der Waals surface area (Å²) in [7, 11) is -3.87. The molecule has 1 N–H and O–H groups in total. The van der Waals surface area contributed by atoms with Crippen LogP contribution in [-0.2, 0) is 22.7 Å². The summed E-state index contributed by atoms with van der Waals surface area (Å²) in [5.74, 6) is -1.23. The SMILES string of the molecule is Cc1ccc(-c2cc(C(F)(F)F)on2)cc1S(=O)(=O)NC1CCN(Cc2ccccc2)CC1. The van der Waals surface area contributed by atoms with Crippen LogP contribution in [0.2, 0.25) is 0 Å². The van der Waals surface area contributed by atoms with Crippen molar-refractivity contribution < 1.29 is 26.1 Å². The molecule has 2 heterocycles. The van der Waals surface area contributed by atoms with E-state index in [1.54, 1.807) is 13.0 Å². The zero-order valence-corrected chi connectivity index (χ0v) is 18.8. The Morgan fingerprint density at radius 1 is 1.09 bits per heavy atom. The number of rotatable bonds is 6. The van der Waals surface area contributed by atoms with Crippen LogP contribution in [0.15, 0.2) is 64.0 Å². The van der Waals surface area contributed by atoms with Gasteiger partial charge < -0.3 is 4.52 Å². The van der Waals surface area contributed by atoms with Crippen molar-refractivity contribution >= 4 is 10.0 Å². The molecule has 0 amide bonds. The first-order valence-electron chi connectivity index (χ1n) is 10.6. The number of alkyl halides is 3. The van der Waals surface area contributed by atoms with E-state index in [4.69, 9.17) is 0 Å². The Morgan fingerprint density at radius 2 is 1.79 bits per heavy atom. The first-order valence-corrected chi connectivity index (χ1v) is 12.0. The zero-order chi connectivity index (χ0) is 23.6. The molecular weight excluding hydrogens is 455 g/mol. The first kappa shape index (κ1) is 23.5. The van der Waals surface area contributed by atoms with Gasteiger partial charge in [0.25, 0.3) is 0 Å². The number of aromatic nitrogens is 1. The van der Waals surface area contributed by atoms with Crippen LogP contribution in [-0.4, -0.2) is 37.6 Å². The molecule has 0 radical (unpaired) electrons. The molecule has 1 aliphatic rings. The number of sulfonamides is 1. The third kappa shape index (κ3) is 5.63. The summed E-state index contributed by atoms with van der Waals surface area (Å²) < 4.78 is 71.8. The number of nitrogens with zero attached hydrogens (tertiary/aromatic N) is 2. The highest BCUT2D eigenvalue weighted by atomic mass is 32.2. The summed E-state index contributed by atoms with van der Waals surface area (Å²) in [6, 6.07) is 15.0. The summed E-state index contributed by atoms with van der Waals surface area (Å²) in [6.45, 7) is 3.99. The van der Waals surface area contributed by atoms with E-state index in [0.717, 1.165) is 25.7 Å². The minimum atomic E-state index is -4.66. The molecule has 0 bridgehead atoms. The fourth-order valence-corrected chi connectivity index (χ4v) is 5.50. The van der Waals surface area contributed by atoms with Gasteiger partial charge in [-0.1, -0.05) is 47.6 Å². The lowest BCUT2D eigenvalue weighted by atomic mass is 10.1. The van der Waals surface area contributed by atoms with E-state index in [-0.39, 0.29) is 22.2 Å². The Kier molecular flexibility index (Phi) is 6.60. The molecule has 0 aliphatic carbocycles. The second-order valence-electron chi connectivity index (χ2n) is 8.21. The van der Waals surface area contributed by atoms with Crippen LogP contribution in [0.4, 0.5) is 13.2 Å². The standard InChI is InChI=1S/C23H24F3N3O3S/c1-16-7-8-18(20-14-22(32-27-20)23(24,25)26)13-21(16)33(30,31)28-19-9-11-29(12-10-19)15-17-5-3-2-4-6-17/h2-8,13-14,19,28H,9-12,15H2,1H3. The Balaban J connectivity index is 1.44. The molecule has 1 saturated heterocycles. The number of hydrogen-bond acceptors (Lipinski definition) is 5. The van der Waals surface area contributed by atoms with E-state index in [0.29, 0.717) is 18.4 Å². The van der Waals surface area contributed by atoms with Gasteiger partial charge in [0.1, 0.15) is 5.69 Å². The van der Waals surface area contributed by atoms with Gasteiger partial charge in [-0.2, -0.15) is 13.2 Å². The van der Waals surface area contributed by atoms with Crippen molar-refractivity contribution in [3.63, 3.8) is 0 Å². The highest BCUT2D eigenvalue weighted by Gasteiger charge is 2.36. The van der Waals surface area contributed by atoms with Gasteiger partial charge in [0.2, 0.25) is 15.8 Å². The van der Waals surface area contributed by atoms with Crippen LogP contribution >= 0.6 is 0 Å². The van der Waals surface area contributed by atoms with Gasteiger partial charge in [0, 0.05) is 37.3 Å². The minimum absolute atomic E-state index is 0.0169. The topological polar surface area (TPSA) is 75.4 Å². The molecule has 3 aromatic rings. The molecule has 6 nitrogen and oxygen atoms in total. The quantitative estimate of drug-likeness (QED) is 0.559. The molecule has 33 heavy (non-hydrogen) atoms. The maximum Gasteiger partial charge on any atom is 0.452 e. The van der Waals surface area contributed by atoms with E-state index in [9.17, 15) is 21.6 Å². The zero-order valence-electron chi connectivity index (χ0n) is 18.0. The largest absolute Gasteiger partial charge is 0.452 e. The molecule has 10 heteroatoms. The van der Waals surface area contributed by atoms with Crippen molar-refractivity contribution in [1.29, 1.82) is 0 Å². The van der Waals surface area contributed by atoms with E-state index in [2.05, 4.69) is 31.4 Å². The van der Waals surface area contributed by atoms with Crippen molar-refractivity contribution in [3.05, 3.63) is 71.5 Å². The lowest BCUT2D eigenvalue weighted by Gasteiger charge is -2.32. The molecule has 176 valence electrons. The maximum atomic E-state index is 13.1. The number of aryl methyl sites for hydroxylation is 1. The van der Waals surface area contributed by atoms with E-state index < -0.39 is 22.0 Å². The predicted molar refractivity (Wildman–Crippen MR) is 117 cm³/mol. The summed E-state index contributed by atoms with van der Waals surface area (Å²) in [6.07, 6.45) is -3.33. The fourth-order valence-electron chi connectivity index (χ4n) is 3.93. The monoisotopic (exact) mass is 479 g/mol. The Morgan fingerprint density at radius 3 is 2.42 bits per heavy atom. The van der Waals surface area contributed by atoms with Crippen molar-refractivity contribution in [2.24, 2.45) is 0 Å². The van der Waals surface area contributed by atoms with Crippen LogP contribution in [0, 0.1) is 6.92 Å². The van der Waals surface area contributed by atoms with Crippen LogP contribution < -0.4 is 4.72 Å². The average molecular weight is 480 g/mol. The number of nitrogens with one attached hydrogen (secondary N) is 1. The second-order valence-corrected chi connectivity index (χ2v) is 9.89. The minimum Gasteiger partial charge on any atom is -0.351 e. The molecule has 0 unspecified atom stereocenters. The third-order valence-electron chi connectivity index (χ3n) is 5.72. The molecule has 2 aromatic carbocycles. The highest BCUT2D eigenvalue weighted by Crippen LogP contribution is 2.33. The summed E-state index contributed by atoms with van der Waals surface area (Å²) in [4.78, 5) is 2.30. The van der Waals surface area contributed by atoms with E-state index in [1.165, 1.54) is 17.7 Å². The lowest BCUT2D eigenvalue weighted by Crippen LogP contribution is -2.44. The summed E-state index contributed by atoms with van der Waals surface area (Å²) >= 11 is 0. The fraction of sp³-hybridized carbons (Fsp3) is 0.348. The van der Waals surface area contributed by atoms with Gasteiger partial charge in [-0.15, -0.1) is 0 Å². The normalized spacial score (nSPS) is 16.2. The number of halogens is 3. The number of likely N-dealkylation sites (tertiary alicyclic amines) is 1. The molecule has 1 fully saturated rings. The van der Waals surface area contributed by atoms with Gasteiger partial charge in [-0.05, 0) is 37.0 Å². The van der Waals surface area contributed by atoms with Crippen molar-refractivity contribution in [1.82, 2.24) is 14.8 Å². The summed E-state index contributed by atoms with van der Waals surface area (Å²) in [5, 5.41) is 3.45. The smallest absolute Gasteiger partial charge is 0.351 e. The van der Waals surface area contributed by atoms with E-state index in [1.807, 2.05) is 18.2 Å². The number of hydrogen-bond donors (Lipinski definition) is 1. The number of piperidine rings is 1. The van der Waals surface area contributed by atoms with Crippen molar-refractivity contribution in [2.75, 3.05) is 13.1 Å². The Hall–Kier alpha value is -2.69. The van der Waals surface area contributed by atoms with Gasteiger partial charge in [0.15, 0.2) is 0 Å². The van der Waals surface area contributed by atoms with Gasteiger partial charge in [0.05, 0.1) is 4.90 Å². The maximum absolute atomic E-state index is 13.1. The molecule has 0 spiro atoms. The highest BCUT2D eigenvalue weighted by molar-refractivity contribution is 7.89. The van der Waals surface area contributed by atoms with E-state index >= 15 is 0 Å². The van der Waals surface area contributed by atoms with Gasteiger partial charge >= 0.3 is 6.18 Å². The second kappa shape index (κ2) is 9.28. The molecular formula is C23H24F3N3O3S. The van der Waals surface area contributed by atoms with Gasteiger partial charge in [-0.3, -0.25) is 4.90 Å². The van der Waals surface area contributed by atoms with Crippen molar-refractivity contribution in [2.45, 2.75) is 43.4 Å². The molecule has 0 atom stereocenters. The van der Waals surface area contributed by atoms with Crippen LogP contribution in [0.25, 0.3) is 11.3 Å².